The fraction of sp³-hybridized carbons (Fsp3) is 0.565. The second-order valence-corrected chi connectivity index (χ2v) is 8.07. The number of carbonyl (C=O) groups is 4. The van der Waals surface area contributed by atoms with Gasteiger partial charge in [0.1, 0.15) is 12.1 Å². The van der Waals surface area contributed by atoms with E-state index in [0.29, 0.717) is 24.8 Å². The monoisotopic (exact) mass is 517 g/mol. The Balaban J connectivity index is 2.99. The molecular formula is C23H33Cl2N3O6. The van der Waals surface area contributed by atoms with Gasteiger partial charge in [0.05, 0.1) is 19.6 Å². The van der Waals surface area contributed by atoms with Crippen molar-refractivity contribution in [2.75, 3.05) is 43.0 Å². The van der Waals surface area contributed by atoms with Gasteiger partial charge in [-0.25, -0.2) is 4.79 Å². The molecule has 0 spiro atoms. The molecule has 0 radical (unpaired) electrons. The van der Waals surface area contributed by atoms with E-state index in [4.69, 9.17) is 32.7 Å². The minimum atomic E-state index is -1.23. The van der Waals surface area contributed by atoms with Crippen LogP contribution in [0, 0.1) is 0 Å². The molecule has 34 heavy (non-hydrogen) atoms. The zero-order valence-electron chi connectivity index (χ0n) is 19.8. The SMILES string of the molecule is CCOC(=O)C[C@H](NC(=O)[C@@H](Cc1ccc(N(CCCl)CCCl)cc1)NC(C)=O)C(=O)OCC. The largest absolute Gasteiger partial charge is 0.466 e. The highest BCUT2D eigenvalue weighted by Gasteiger charge is 2.29. The molecule has 2 N–H and O–H groups in total. The van der Waals surface area contributed by atoms with Crippen LogP contribution in [0.15, 0.2) is 24.3 Å². The van der Waals surface area contributed by atoms with Gasteiger partial charge in [-0.15, -0.1) is 23.2 Å². The fourth-order valence-electron chi connectivity index (χ4n) is 3.20. The first-order valence-electron chi connectivity index (χ1n) is 11.1. The van der Waals surface area contributed by atoms with Gasteiger partial charge in [-0.05, 0) is 31.5 Å². The highest BCUT2D eigenvalue weighted by atomic mass is 35.5. The number of rotatable bonds is 15. The Morgan fingerprint density at radius 1 is 0.912 bits per heavy atom. The van der Waals surface area contributed by atoms with Crippen molar-refractivity contribution in [2.24, 2.45) is 0 Å². The summed E-state index contributed by atoms with van der Waals surface area (Å²) >= 11 is 11.7. The summed E-state index contributed by atoms with van der Waals surface area (Å²) in [5.41, 5.74) is 1.72. The molecule has 9 nitrogen and oxygen atoms in total. The number of esters is 2. The summed E-state index contributed by atoms with van der Waals surface area (Å²) in [5, 5.41) is 5.11. The molecule has 11 heteroatoms. The second-order valence-electron chi connectivity index (χ2n) is 7.31. The van der Waals surface area contributed by atoms with Crippen molar-refractivity contribution >= 4 is 52.6 Å². The third-order valence-electron chi connectivity index (χ3n) is 4.71. The van der Waals surface area contributed by atoms with Crippen LogP contribution in [-0.2, 0) is 35.1 Å². The Kier molecular flexibility index (Phi) is 14.0. The smallest absolute Gasteiger partial charge is 0.329 e. The highest BCUT2D eigenvalue weighted by Crippen LogP contribution is 2.17. The summed E-state index contributed by atoms with van der Waals surface area (Å²) in [4.78, 5) is 50.9. The van der Waals surface area contributed by atoms with Gasteiger partial charge in [0.25, 0.3) is 0 Å². The van der Waals surface area contributed by atoms with E-state index in [1.165, 1.54) is 6.92 Å². The normalized spacial score (nSPS) is 12.3. The number of alkyl halides is 2. The number of amides is 2. The van der Waals surface area contributed by atoms with Gasteiger partial charge >= 0.3 is 11.9 Å². The number of nitrogens with zero attached hydrogens (tertiary/aromatic N) is 1. The molecule has 190 valence electrons. The van der Waals surface area contributed by atoms with Crippen LogP contribution < -0.4 is 15.5 Å². The molecule has 1 rings (SSSR count). The van der Waals surface area contributed by atoms with Gasteiger partial charge in [0.2, 0.25) is 11.8 Å². The Bertz CT molecular complexity index is 800. The zero-order chi connectivity index (χ0) is 25.5. The Morgan fingerprint density at radius 3 is 2.00 bits per heavy atom. The van der Waals surface area contributed by atoms with Gasteiger partial charge in [-0.3, -0.25) is 14.4 Å². The van der Waals surface area contributed by atoms with Crippen LogP contribution in [0.1, 0.15) is 32.8 Å². The van der Waals surface area contributed by atoms with E-state index < -0.39 is 35.8 Å². The molecule has 2 amide bonds. The first-order chi connectivity index (χ1) is 16.2. The van der Waals surface area contributed by atoms with E-state index in [0.717, 1.165) is 11.3 Å². The first kappa shape index (κ1) is 29.5. The van der Waals surface area contributed by atoms with E-state index >= 15 is 0 Å². The van der Waals surface area contributed by atoms with Gasteiger partial charge < -0.3 is 25.0 Å². The van der Waals surface area contributed by atoms with Gasteiger partial charge in [-0.2, -0.15) is 0 Å². The third-order valence-corrected chi connectivity index (χ3v) is 5.05. The van der Waals surface area contributed by atoms with E-state index in [-0.39, 0.29) is 26.1 Å². The van der Waals surface area contributed by atoms with Crippen LogP contribution in [-0.4, -0.2) is 73.9 Å². The molecule has 0 saturated carbocycles. The summed E-state index contributed by atoms with van der Waals surface area (Å²) in [6.45, 7) is 6.05. The van der Waals surface area contributed by atoms with Crippen LogP contribution in [0.25, 0.3) is 0 Å². The van der Waals surface area contributed by atoms with E-state index in [2.05, 4.69) is 10.6 Å². The quantitative estimate of drug-likeness (QED) is 0.270. The molecule has 1 aromatic rings. The van der Waals surface area contributed by atoms with Crippen molar-refractivity contribution in [3.63, 3.8) is 0 Å². The van der Waals surface area contributed by atoms with Crippen LogP contribution >= 0.6 is 23.2 Å². The van der Waals surface area contributed by atoms with Crippen molar-refractivity contribution in [3.05, 3.63) is 29.8 Å². The van der Waals surface area contributed by atoms with Crippen LogP contribution in [0.3, 0.4) is 0 Å². The lowest BCUT2D eigenvalue weighted by molar-refractivity contribution is -0.153. The molecule has 0 bridgehead atoms. The summed E-state index contributed by atoms with van der Waals surface area (Å²) < 4.78 is 9.85. The van der Waals surface area contributed by atoms with Crippen LogP contribution in [0.5, 0.6) is 0 Å². The summed E-state index contributed by atoms with van der Waals surface area (Å²) in [6.07, 6.45) is -0.206. The maximum absolute atomic E-state index is 13.0. The molecule has 0 heterocycles. The molecule has 2 atom stereocenters. The summed E-state index contributed by atoms with van der Waals surface area (Å²) in [7, 11) is 0. The number of hydrogen-bond acceptors (Lipinski definition) is 7. The molecule has 0 aliphatic carbocycles. The molecule has 0 saturated heterocycles. The van der Waals surface area contributed by atoms with E-state index in [9.17, 15) is 19.2 Å². The second kappa shape index (κ2) is 16.2. The fourth-order valence-corrected chi connectivity index (χ4v) is 3.61. The summed E-state index contributed by atoms with van der Waals surface area (Å²) in [6, 6.07) is 5.26. The molecule has 0 unspecified atom stereocenters. The Labute approximate surface area is 210 Å². The maximum Gasteiger partial charge on any atom is 0.329 e. The first-order valence-corrected chi connectivity index (χ1v) is 12.2. The van der Waals surface area contributed by atoms with Crippen LogP contribution in [0.4, 0.5) is 5.69 Å². The van der Waals surface area contributed by atoms with E-state index in [1.807, 2.05) is 29.2 Å². The molecule has 0 aliphatic heterocycles. The Morgan fingerprint density at radius 2 is 1.50 bits per heavy atom. The molecule has 0 aromatic heterocycles. The van der Waals surface area contributed by atoms with Gasteiger partial charge in [0, 0.05) is 43.9 Å². The maximum atomic E-state index is 13.0. The number of nitrogens with one attached hydrogen (secondary N) is 2. The van der Waals surface area contributed by atoms with Crippen molar-refractivity contribution < 1.29 is 28.7 Å². The van der Waals surface area contributed by atoms with Crippen molar-refractivity contribution in [3.8, 4) is 0 Å². The number of hydrogen-bond donors (Lipinski definition) is 2. The topological polar surface area (TPSA) is 114 Å². The average molecular weight is 518 g/mol. The lowest BCUT2D eigenvalue weighted by atomic mass is 10.0. The standard InChI is InChI=1S/C23H33Cl2N3O6/c1-4-33-21(30)15-20(23(32)34-5-2)27-22(31)19(26-16(3)29)14-17-6-8-18(9-7-17)28(12-10-24)13-11-25/h6-9,19-20H,4-5,10-15H2,1-3H3,(H,26,29)(H,27,31)/t19-,20+/m1/s1. The lowest BCUT2D eigenvalue weighted by Crippen LogP contribution is -2.53. The average Bonchev–Trinajstić information content (AvgIpc) is 2.78. The highest BCUT2D eigenvalue weighted by molar-refractivity contribution is 6.18. The predicted molar refractivity (Wildman–Crippen MR) is 131 cm³/mol. The van der Waals surface area contributed by atoms with E-state index in [1.54, 1.807) is 13.8 Å². The van der Waals surface area contributed by atoms with Gasteiger partial charge in [-0.1, -0.05) is 12.1 Å². The number of carbonyl (C=O) groups excluding carboxylic acids is 4. The number of benzene rings is 1. The Hall–Kier alpha value is -2.52. The number of ether oxygens (including phenoxy) is 2. The van der Waals surface area contributed by atoms with Crippen molar-refractivity contribution in [1.82, 2.24) is 10.6 Å². The van der Waals surface area contributed by atoms with Crippen molar-refractivity contribution in [2.45, 2.75) is 45.7 Å². The van der Waals surface area contributed by atoms with Gasteiger partial charge in [0.15, 0.2) is 0 Å². The van der Waals surface area contributed by atoms with Crippen molar-refractivity contribution in [1.29, 1.82) is 0 Å². The molecule has 0 aliphatic rings. The van der Waals surface area contributed by atoms with Crippen LogP contribution in [0.2, 0.25) is 0 Å². The minimum absolute atomic E-state index is 0.0833. The minimum Gasteiger partial charge on any atom is -0.466 e. The molecule has 0 fully saturated rings. The molecular weight excluding hydrogens is 485 g/mol. The number of halogens is 2. The zero-order valence-corrected chi connectivity index (χ0v) is 21.3. The molecule has 1 aromatic carbocycles. The third kappa shape index (κ3) is 10.6. The lowest BCUT2D eigenvalue weighted by Gasteiger charge is -2.24. The predicted octanol–water partition coefficient (Wildman–Crippen LogP) is 2.02. The summed E-state index contributed by atoms with van der Waals surface area (Å²) in [5.74, 6) is -1.52. The number of anilines is 1.